The van der Waals surface area contributed by atoms with Gasteiger partial charge in [-0.15, -0.1) is 0 Å². The summed E-state index contributed by atoms with van der Waals surface area (Å²) < 4.78 is 0. The zero-order valence-corrected chi connectivity index (χ0v) is 18.8. The summed E-state index contributed by atoms with van der Waals surface area (Å²) >= 11 is 6.24. The summed E-state index contributed by atoms with van der Waals surface area (Å²) in [6.45, 7) is 2.47. The van der Waals surface area contributed by atoms with Crippen molar-refractivity contribution in [2.75, 3.05) is 16.8 Å². The van der Waals surface area contributed by atoms with Crippen molar-refractivity contribution in [3.05, 3.63) is 70.9 Å². The minimum absolute atomic E-state index is 0.0815. The van der Waals surface area contributed by atoms with E-state index in [9.17, 15) is 14.4 Å². The second kappa shape index (κ2) is 9.57. The molecule has 0 spiro atoms. The lowest BCUT2D eigenvalue weighted by Gasteiger charge is -2.29. The molecule has 4 rings (SSSR count). The van der Waals surface area contributed by atoms with Crippen LogP contribution in [0.2, 0.25) is 0 Å². The van der Waals surface area contributed by atoms with Gasteiger partial charge in [0.2, 0.25) is 0 Å². The molecule has 2 aromatic rings. The van der Waals surface area contributed by atoms with Gasteiger partial charge < -0.3 is 10.2 Å². The van der Waals surface area contributed by atoms with Crippen LogP contribution in [0.5, 0.6) is 0 Å². The molecule has 6 nitrogen and oxygen atoms in total. The maximum absolute atomic E-state index is 13.0. The number of rotatable bonds is 6. The zero-order chi connectivity index (χ0) is 22.7. The predicted molar refractivity (Wildman–Crippen MR) is 125 cm³/mol. The SMILES string of the molecule is CCN(C(=O)c1ccc(NC2=C(Cl)C(=O)N(C3CCCCC3)C2=O)cc1)c1ccccc1. The molecule has 0 atom stereocenters. The van der Waals surface area contributed by atoms with Gasteiger partial charge >= 0.3 is 0 Å². The second-order valence-corrected chi connectivity index (χ2v) is 8.43. The smallest absolute Gasteiger partial charge is 0.279 e. The van der Waals surface area contributed by atoms with E-state index in [1.807, 2.05) is 37.3 Å². The standard InChI is InChI=1S/C25H26ClN3O3/c1-2-28(19-9-5-3-6-10-19)23(30)17-13-15-18(16-14-17)27-22-21(26)24(31)29(25(22)32)20-11-7-4-8-12-20/h3,5-6,9-10,13-16,20,27H,2,4,7-8,11-12H2,1H3. The Balaban J connectivity index is 1.48. The molecule has 1 aliphatic carbocycles. The zero-order valence-electron chi connectivity index (χ0n) is 18.0. The third-order valence-corrected chi connectivity index (χ3v) is 6.38. The van der Waals surface area contributed by atoms with Crippen molar-refractivity contribution in [1.82, 2.24) is 4.90 Å². The van der Waals surface area contributed by atoms with Crippen LogP contribution < -0.4 is 10.2 Å². The van der Waals surface area contributed by atoms with Crippen LogP contribution in [0.1, 0.15) is 49.4 Å². The number of nitrogens with one attached hydrogen (secondary N) is 1. The van der Waals surface area contributed by atoms with Gasteiger partial charge in [0.05, 0.1) is 0 Å². The highest BCUT2D eigenvalue weighted by molar-refractivity contribution is 6.48. The van der Waals surface area contributed by atoms with Gasteiger partial charge in [0.15, 0.2) is 0 Å². The van der Waals surface area contributed by atoms with E-state index in [1.54, 1.807) is 29.2 Å². The monoisotopic (exact) mass is 451 g/mol. The Labute approximate surface area is 192 Å². The highest BCUT2D eigenvalue weighted by atomic mass is 35.5. The Morgan fingerprint density at radius 2 is 1.66 bits per heavy atom. The first kappa shape index (κ1) is 22.1. The summed E-state index contributed by atoms with van der Waals surface area (Å²) in [5.41, 5.74) is 2.04. The lowest BCUT2D eigenvalue weighted by atomic mass is 9.94. The molecular weight excluding hydrogens is 426 g/mol. The maximum Gasteiger partial charge on any atom is 0.279 e. The average Bonchev–Trinajstić information content (AvgIpc) is 3.04. The van der Waals surface area contributed by atoms with E-state index in [4.69, 9.17) is 11.6 Å². The molecule has 1 fully saturated rings. The number of carbonyl (C=O) groups excluding carboxylic acids is 3. The Bertz CT molecular complexity index is 1040. The number of amides is 3. The quantitative estimate of drug-likeness (QED) is 0.633. The molecule has 2 aliphatic rings. The number of anilines is 2. The first-order chi connectivity index (χ1) is 15.5. The lowest BCUT2D eigenvalue weighted by Crippen LogP contribution is -2.42. The van der Waals surface area contributed by atoms with Crippen LogP contribution in [-0.4, -0.2) is 35.2 Å². The summed E-state index contributed by atoms with van der Waals surface area (Å²) in [6, 6.07) is 16.2. The van der Waals surface area contributed by atoms with E-state index in [-0.39, 0.29) is 28.6 Å². The first-order valence-corrected chi connectivity index (χ1v) is 11.4. The summed E-state index contributed by atoms with van der Waals surface area (Å²) in [5.74, 6) is -0.925. The summed E-state index contributed by atoms with van der Waals surface area (Å²) in [6.07, 6.45) is 4.79. The average molecular weight is 452 g/mol. The fourth-order valence-corrected chi connectivity index (χ4v) is 4.57. The number of halogens is 1. The number of benzene rings is 2. The maximum atomic E-state index is 13.0. The molecule has 0 aromatic heterocycles. The third kappa shape index (κ3) is 4.28. The summed E-state index contributed by atoms with van der Waals surface area (Å²) in [5, 5.41) is 2.91. The summed E-state index contributed by atoms with van der Waals surface area (Å²) in [7, 11) is 0. The van der Waals surface area contributed by atoms with Gasteiger partial charge in [0.25, 0.3) is 17.7 Å². The Morgan fingerprint density at radius 3 is 2.28 bits per heavy atom. The minimum Gasteiger partial charge on any atom is -0.350 e. The van der Waals surface area contributed by atoms with Gasteiger partial charge in [-0.25, -0.2) is 0 Å². The van der Waals surface area contributed by atoms with Gasteiger partial charge in [-0.2, -0.15) is 0 Å². The molecular formula is C25H26ClN3O3. The van der Waals surface area contributed by atoms with E-state index in [2.05, 4.69) is 5.32 Å². The second-order valence-electron chi connectivity index (χ2n) is 8.05. The molecule has 3 amide bonds. The van der Waals surface area contributed by atoms with E-state index in [0.717, 1.165) is 37.8 Å². The van der Waals surface area contributed by atoms with Crippen LogP contribution in [0.25, 0.3) is 0 Å². The largest absolute Gasteiger partial charge is 0.350 e. The van der Waals surface area contributed by atoms with E-state index < -0.39 is 5.91 Å². The third-order valence-electron chi connectivity index (χ3n) is 6.03. The van der Waals surface area contributed by atoms with Crippen LogP contribution in [-0.2, 0) is 9.59 Å². The number of para-hydroxylation sites is 1. The Hall–Kier alpha value is -3.12. The van der Waals surface area contributed by atoms with E-state index >= 15 is 0 Å². The molecule has 0 saturated heterocycles. The van der Waals surface area contributed by atoms with E-state index in [1.165, 1.54) is 4.90 Å². The van der Waals surface area contributed by atoms with Crippen LogP contribution >= 0.6 is 11.6 Å². The normalized spacial score (nSPS) is 17.1. The number of carbonyl (C=O) groups is 3. The van der Waals surface area contributed by atoms with Crippen molar-refractivity contribution >= 4 is 40.7 Å². The van der Waals surface area contributed by atoms with Crippen molar-refractivity contribution < 1.29 is 14.4 Å². The van der Waals surface area contributed by atoms with Crippen LogP contribution in [0.15, 0.2) is 65.3 Å². The number of hydrogen-bond donors (Lipinski definition) is 1. The number of nitrogens with zero attached hydrogens (tertiary/aromatic N) is 2. The highest BCUT2D eigenvalue weighted by Crippen LogP contribution is 2.32. The molecule has 0 unspecified atom stereocenters. The molecule has 1 N–H and O–H groups in total. The molecule has 2 aromatic carbocycles. The van der Waals surface area contributed by atoms with Crippen LogP contribution in [0.3, 0.4) is 0 Å². The van der Waals surface area contributed by atoms with Crippen molar-refractivity contribution in [2.45, 2.75) is 45.1 Å². The number of imide groups is 1. The van der Waals surface area contributed by atoms with Gasteiger partial charge in [0, 0.05) is 29.5 Å². The lowest BCUT2D eigenvalue weighted by molar-refractivity contribution is -0.140. The van der Waals surface area contributed by atoms with Crippen LogP contribution in [0.4, 0.5) is 11.4 Å². The van der Waals surface area contributed by atoms with Crippen molar-refractivity contribution in [3.63, 3.8) is 0 Å². The molecule has 7 heteroatoms. The first-order valence-electron chi connectivity index (χ1n) is 11.0. The van der Waals surface area contributed by atoms with Crippen molar-refractivity contribution in [1.29, 1.82) is 0 Å². The minimum atomic E-state index is -0.431. The van der Waals surface area contributed by atoms with Gasteiger partial charge in [-0.05, 0) is 56.2 Å². The molecule has 166 valence electrons. The molecule has 0 bridgehead atoms. The highest BCUT2D eigenvalue weighted by Gasteiger charge is 2.42. The molecule has 1 heterocycles. The van der Waals surface area contributed by atoms with Crippen molar-refractivity contribution in [2.24, 2.45) is 0 Å². The fourth-order valence-electron chi connectivity index (χ4n) is 4.35. The Morgan fingerprint density at radius 1 is 1.00 bits per heavy atom. The molecule has 1 saturated carbocycles. The topological polar surface area (TPSA) is 69.7 Å². The molecule has 0 radical (unpaired) electrons. The predicted octanol–water partition coefficient (Wildman–Crippen LogP) is 4.92. The van der Waals surface area contributed by atoms with Crippen LogP contribution in [0, 0.1) is 0 Å². The van der Waals surface area contributed by atoms with Gasteiger partial charge in [0.1, 0.15) is 10.7 Å². The summed E-state index contributed by atoms with van der Waals surface area (Å²) in [4.78, 5) is 41.5. The molecule has 1 aliphatic heterocycles. The van der Waals surface area contributed by atoms with Crippen molar-refractivity contribution in [3.8, 4) is 0 Å². The number of hydrogen-bond acceptors (Lipinski definition) is 4. The fraction of sp³-hybridized carbons (Fsp3) is 0.320. The van der Waals surface area contributed by atoms with Gasteiger partial charge in [-0.1, -0.05) is 49.1 Å². The molecule has 32 heavy (non-hydrogen) atoms. The van der Waals surface area contributed by atoms with Gasteiger partial charge in [-0.3, -0.25) is 19.3 Å². The van der Waals surface area contributed by atoms with E-state index in [0.29, 0.717) is 17.8 Å². The Kier molecular flexibility index (Phi) is 6.61.